The first-order valence-corrected chi connectivity index (χ1v) is 7.07. The SMILES string of the molecule is CC(NCCn1cccn1)c1ccc(Cl)c(Cl)c1Cl. The fourth-order valence-electron chi connectivity index (χ4n) is 1.81. The standard InChI is InChI=1S/C13H14Cl3N3/c1-9(17-6-8-19-7-2-5-18-19)10-3-4-11(14)13(16)12(10)15/h2-5,7,9,17H,6,8H2,1H3. The molecular formula is C13H14Cl3N3. The lowest BCUT2D eigenvalue weighted by Crippen LogP contribution is -2.23. The first kappa shape index (κ1) is 14.7. The molecule has 6 heteroatoms. The zero-order valence-electron chi connectivity index (χ0n) is 10.4. The van der Waals surface area contributed by atoms with Crippen molar-refractivity contribution in [1.82, 2.24) is 15.1 Å². The largest absolute Gasteiger partial charge is 0.308 e. The Morgan fingerprint density at radius 2 is 2.05 bits per heavy atom. The van der Waals surface area contributed by atoms with Crippen molar-refractivity contribution in [1.29, 1.82) is 0 Å². The molecule has 0 fully saturated rings. The Bertz CT molecular complexity index is 540. The van der Waals surface area contributed by atoms with Gasteiger partial charge in [-0.25, -0.2) is 0 Å². The van der Waals surface area contributed by atoms with Crippen molar-refractivity contribution in [3.63, 3.8) is 0 Å². The summed E-state index contributed by atoms with van der Waals surface area (Å²) in [6.07, 6.45) is 3.69. The average Bonchev–Trinajstić information content (AvgIpc) is 2.89. The Labute approximate surface area is 127 Å². The Balaban J connectivity index is 1.96. The predicted molar refractivity (Wildman–Crippen MR) is 80.1 cm³/mol. The number of hydrogen-bond donors (Lipinski definition) is 1. The lowest BCUT2D eigenvalue weighted by atomic mass is 10.1. The molecule has 0 saturated heterocycles. The third kappa shape index (κ3) is 3.63. The van der Waals surface area contributed by atoms with Crippen LogP contribution in [0.1, 0.15) is 18.5 Å². The molecule has 0 aliphatic rings. The molecule has 0 saturated carbocycles. The van der Waals surface area contributed by atoms with E-state index in [2.05, 4.69) is 10.4 Å². The van der Waals surface area contributed by atoms with E-state index < -0.39 is 0 Å². The van der Waals surface area contributed by atoms with Gasteiger partial charge in [0.15, 0.2) is 0 Å². The number of benzene rings is 1. The topological polar surface area (TPSA) is 29.9 Å². The van der Waals surface area contributed by atoms with Crippen molar-refractivity contribution in [3.05, 3.63) is 51.2 Å². The minimum absolute atomic E-state index is 0.0952. The van der Waals surface area contributed by atoms with Gasteiger partial charge in [-0.3, -0.25) is 4.68 Å². The molecular weight excluding hydrogens is 305 g/mol. The second-order valence-corrected chi connectivity index (χ2v) is 5.37. The van der Waals surface area contributed by atoms with E-state index in [0.29, 0.717) is 15.1 Å². The van der Waals surface area contributed by atoms with Crippen LogP contribution in [0.2, 0.25) is 15.1 Å². The van der Waals surface area contributed by atoms with E-state index in [1.807, 2.05) is 29.9 Å². The van der Waals surface area contributed by atoms with Crippen molar-refractivity contribution in [2.75, 3.05) is 6.54 Å². The van der Waals surface area contributed by atoms with Crippen molar-refractivity contribution in [2.45, 2.75) is 19.5 Å². The van der Waals surface area contributed by atoms with Gasteiger partial charge < -0.3 is 5.32 Å². The van der Waals surface area contributed by atoms with E-state index in [0.717, 1.165) is 18.7 Å². The van der Waals surface area contributed by atoms with Crippen molar-refractivity contribution in [3.8, 4) is 0 Å². The molecule has 0 aliphatic heterocycles. The molecule has 0 radical (unpaired) electrons. The quantitative estimate of drug-likeness (QED) is 0.838. The summed E-state index contributed by atoms with van der Waals surface area (Å²) in [5.41, 5.74) is 0.941. The van der Waals surface area contributed by atoms with Crippen LogP contribution in [0.3, 0.4) is 0 Å². The van der Waals surface area contributed by atoms with Crippen LogP contribution >= 0.6 is 34.8 Å². The van der Waals surface area contributed by atoms with E-state index in [1.54, 1.807) is 12.3 Å². The third-order valence-corrected chi connectivity index (χ3v) is 4.19. The lowest BCUT2D eigenvalue weighted by molar-refractivity contribution is 0.507. The first-order chi connectivity index (χ1) is 9.09. The molecule has 3 nitrogen and oxygen atoms in total. The summed E-state index contributed by atoms with van der Waals surface area (Å²) in [5.74, 6) is 0. The van der Waals surface area contributed by atoms with Gasteiger partial charge in [-0.1, -0.05) is 40.9 Å². The highest BCUT2D eigenvalue weighted by molar-refractivity contribution is 6.48. The van der Waals surface area contributed by atoms with Crippen LogP contribution in [0.4, 0.5) is 0 Å². The van der Waals surface area contributed by atoms with E-state index in [9.17, 15) is 0 Å². The van der Waals surface area contributed by atoms with Gasteiger partial charge >= 0.3 is 0 Å². The maximum Gasteiger partial charge on any atom is 0.0781 e. The maximum absolute atomic E-state index is 6.20. The Morgan fingerprint density at radius 1 is 1.26 bits per heavy atom. The molecule has 19 heavy (non-hydrogen) atoms. The minimum Gasteiger partial charge on any atom is -0.308 e. The molecule has 1 unspecified atom stereocenters. The number of nitrogens with one attached hydrogen (secondary N) is 1. The highest BCUT2D eigenvalue weighted by Gasteiger charge is 2.13. The second-order valence-electron chi connectivity index (χ2n) is 4.21. The summed E-state index contributed by atoms with van der Waals surface area (Å²) in [5, 5.41) is 8.90. The first-order valence-electron chi connectivity index (χ1n) is 5.94. The van der Waals surface area contributed by atoms with Crippen LogP contribution in [-0.4, -0.2) is 16.3 Å². The molecule has 0 amide bonds. The zero-order valence-corrected chi connectivity index (χ0v) is 12.7. The molecule has 1 heterocycles. The third-order valence-electron chi connectivity index (χ3n) is 2.88. The molecule has 0 aliphatic carbocycles. The van der Waals surface area contributed by atoms with Crippen LogP contribution in [0, 0.1) is 0 Å². The molecule has 2 aromatic rings. The van der Waals surface area contributed by atoms with Gasteiger partial charge in [-0.05, 0) is 24.6 Å². The van der Waals surface area contributed by atoms with E-state index in [1.165, 1.54) is 0 Å². The molecule has 0 spiro atoms. The average molecular weight is 319 g/mol. The lowest BCUT2D eigenvalue weighted by Gasteiger charge is -2.16. The van der Waals surface area contributed by atoms with Crippen LogP contribution in [-0.2, 0) is 6.54 Å². The van der Waals surface area contributed by atoms with Crippen LogP contribution in [0.15, 0.2) is 30.6 Å². The number of hydrogen-bond acceptors (Lipinski definition) is 2. The number of aromatic nitrogens is 2. The van der Waals surface area contributed by atoms with E-state index >= 15 is 0 Å². The molecule has 2 rings (SSSR count). The van der Waals surface area contributed by atoms with Gasteiger partial charge in [0.25, 0.3) is 0 Å². The number of rotatable bonds is 5. The molecule has 1 N–H and O–H groups in total. The van der Waals surface area contributed by atoms with Crippen molar-refractivity contribution < 1.29 is 0 Å². The Kier molecular flexibility index (Phi) is 5.11. The van der Waals surface area contributed by atoms with Gasteiger partial charge in [-0.2, -0.15) is 5.10 Å². The summed E-state index contributed by atoms with van der Waals surface area (Å²) in [4.78, 5) is 0. The number of nitrogens with zero attached hydrogens (tertiary/aromatic N) is 2. The Hall–Kier alpha value is -0.740. The smallest absolute Gasteiger partial charge is 0.0781 e. The number of halogens is 3. The van der Waals surface area contributed by atoms with Gasteiger partial charge in [0.2, 0.25) is 0 Å². The monoisotopic (exact) mass is 317 g/mol. The van der Waals surface area contributed by atoms with Gasteiger partial charge in [0.05, 0.1) is 21.6 Å². The van der Waals surface area contributed by atoms with Gasteiger partial charge in [-0.15, -0.1) is 0 Å². The molecule has 1 aromatic carbocycles. The maximum atomic E-state index is 6.20. The fraction of sp³-hybridized carbons (Fsp3) is 0.308. The second kappa shape index (κ2) is 6.62. The van der Waals surface area contributed by atoms with E-state index in [4.69, 9.17) is 34.8 Å². The van der Waals surface area contributed by atoms with Crippen molar-refractivity contribution >= 4 is 34.8 Å². The molecule has 102 valence electrons. The fourth-order valence-corrected chi connectivity index (χ4v) is 2.52. The minimum atomic E-state index is 0.0952. The molecule has 0 bridgehead atoms. The predicted octanol–water partition coefficient (Wildman–Crippen LogP) is 4.19. The zero-order chi connectivity index (χ0) is 13.8. The molecule has 1 aromatic heterocycles. The highest BCUT2D eigenvalue weighted by atomic mass is 35.5. The Morgan fingerprint density at radius 3 is 2.74 bits per heavy atom. The van der Waals surface area contributed by atoms with Crippen LogP contribution in [0.25, 0.3) is 0 Å². The summed E-state index contributed by atoms with van der Waals surface area (Å²) < 4.78 is 1.87. The van der Waals surface area contributed by atoms with Gasteiger partial charge in [0.1, 0.15) is 0 Å². The van der Waals surface area contributed by atoms with Crippen LogP contribution in [0.5, 0.6) is 0 Å². The normalized spacial score (nSPS) is 12.6. The summed E-state index contributed by atoms with van der Waals surface area (Å²) >= 11 is 18.1. The van der Waals surface area contributed by atoms with Crippen molar-refractivity contribution in [2.24, 2.45) is 0 Å². The molecule has 1 atom stereocenters. The van der Waals surface area contributed by atoms with Gasteiger partial charge in [0, 0.05) is 25.0 Å². The summed E-state index contributed by atoms with van der Waals surface area (Å²) in [6.45, 7) is 3.63. The summed E-state index contributed by atoms with van der Waals surface area (Å²) in [6, 6.07) is 5.65. The summed E-state index contributed by atoms with van der Waals surface area (Å²) in [7, 11) is 0. The highest BCUT2D eigenvalue weighted by Crippen LogP contribution is 2.35. The van der Waals surface area contributed by atoms with Crippen LogP contribution < -0.4 is 5.32 Å². The van der Waals surface area contributed by atoms with E-state index in [-0.39, 0.29) is 6.04 Å².